The lowest BCUT2D eigenvalue weighted by Gasteiger charge is -2.36. The van der Waals surface area contributed by atoms with Crippen molar-refractivity contribution in [3.63, 3.8) is 0 Å². The minimum absolute atomic E-state index is 0.154. The van der Waals surface area contributed by atoms with Gasteiger partial charge in [-0.1, -0.05) is 58.9 Å². The molecule has 1 fully saturated rings. The van der Waals surface area contributed by atoms with E-state index in [9.17, 15) is 16.8 Å². The number of aryl methyl sites for hydroxylation is 2. The van der Waals surface area contributed by atoms with E-state index in [1.165, 1.54) is 23.5 Å². The Morgan fingerprint density at radius 1 is 0.647 bits per heavy atom. The number of nitrogens with zero attached hydrogens (tertiary/aromatic N) is 4. The van der Waals surface area contributed by atoms with Crippen LogP contribution in [0.4, 0.5) is 0 Å². The number of sulfonamides is 2. The second-order valence-electron chi connectivity index (χ2n) is 7.71. The fourth-order valence-corrected chi connectivity index (χ4v) is 7.15. The van der Waals surface area contributed by atoms with Gasteiger partial charge in [-0.05, 0) is 50.6 Å². The molecule has 34 heavy (non-hydrogen) atoms. The van der Waals surface area contributed by atoms with Crippen LogP contribution in [-0.4, -0.2) is 75.7 Å². The quantitative estimate of drug-likeness (QED) is 0.430. The molecule has 1 saturated heterocycles. The van der Waals surface area contributed by atoms with Crippen molar-refractivity contribution in [1.29, 1.82) is 0 Å². The number of hydrogen-bond acceptors (Lipinski definition) is 6. The van der Waals surface area contributed by atoms with Crippen molar-refractivity contribution >= 4 is 53.9 Å². The van der Waals surface area contributed by atoms with Crippen LogP contribution in [-0.2, 0) is 20.0 Å². The van der Waals surface area contributed by atoms with Crippen LogP contribution in [0.1, 0.15) is 11.1 Å². The molecule has 2 aromatic carbocycles. The van der Waals surface area contributed by atoms with Crippen LogP contribution < -0.4 is 0 Å². The summed E-state index contributed by atoms with van der Waals surface area (Å²) in [6, 6.07) is 13.2. The Kier molecular flexibility index (Phi) is 8.72. The van der Waals surface area contributed by atoms with Gasteiger partial charge >= 0.3 is 0 Å². The van der Waals surface area contributed by atoms with Gasteiger partial charge in [-0.25, -0.2) is 0 Å². The number of thioether (sulfide) groups is 2. The number of amidine groups is 2. The van der Waals surface area contributed by atoms with E-state index in [0.717, 1.165) is 11.1 Å². The van der Waals surface area contributed by atoms with Gasteiger partial charge in [0.15, 0.2) is 10.3 Å². The zero-order valence-corrected chi connectivity index (χ0v) is 22.8. The lowest BCUT2D eigenvalue weighted by atomic mass is 10.2. The highest BCUT2D eigenvalue weighted by atomic mass is 32.2. The molecule has 12 heteroatoms. The molecule has 3 rings (SSSR count). The third-order valence-corrected chi connectivity index (χ3v) is 9.44. The molecule has 0 aromatic heterocycles. The first kappa shape index (κ1) is 26.6. The topological polar surface area (TPSA) is 99.5 Å². The maximum atomic E-state index is 12.8. The molecule has 0 radical (unpaired) electrons. The van der Waals surface area contributed by atoms with Crippen molar-refractivity contribution in [1.82, 2.24) is 9.80 Å². The predicted octanol–water partition coefficient (Wildman–Crippen LogP) is 3.44. The molecule has 0 saturated carbocycles. The minimum atomic E-state index is -3.83. The summed E-state index contributed by atoms with van der Waals surface area (Å²) in [6.45, 7) is 5.76. The summed E-state index contributed by atoms with van der Waals surface area (Å²) in [4.78, 5) is 4.11. The Morgan fingerprint density at radius 3 is 1.21 bits per heavy atom. The van der Waals surface area contributed by atoms with Crippen molar-refractivity contribution in [2.75, 3.05) is 38.7 Å². The van der Waals surface area contributed by atoms with E-state index < -0.39 is 20.0 Å². The van der Waals surface area contributed by atoms with Crippen molar-refractivity contribution in [3.05, 3.63) is 59.7 Å². The molecular weight excluding hydrogens is 513 g/mol. The molecule has 1 aliphatic rings. The van der Waals surface area contributed by atoms with Gasteiger partial charge in [0.1, 0.15) is 0 Å². The molecule has 0 bridgehead atoms. The van der Waals surface area contributed by atoms with E-state index in [1.54, 1.807) is 61.0 Å². The third kappa shape index (κ3) is 6.55. The Balaban J connectivity index is 1.74. The summed E-state index contributed by atoms with van der Waals surface area (Å²) in [5.41, 5.74) is 1.94. The van der Waals surface area contributed by atoms with Gasteiger partial charge in [0, 0.05) is 26.2 Å². The van der Waals surface area contributed by atoms with Crippen LogP contribution in [0.25, 0.3) is 0 Å². The molecule has 0 spiro atoms. The van der Waals surface area contributed by atoms with Gasteiger partial charge in [0.25, 0.3) is 20.0 Å². The summed E-state index contributed by atoms with van der Waals surface area (Å²) in [6.07, 6.45) is 3.58. The Labute approximate surface area is 210 Å². The van der Waals surface area contributed by atoms with Gasteiger partial charge < -0.3 is 9.80 Å². The van der Waals surface area contributed by atoms with E-state index in [2.05, 4.69) is 8.80 Å². The van der Waals surface area contributed by atoms with Crippen LogP contribution >= 0.6 is 23.5 Å². The van der Waals surface area contributed by atoms with E-state index in [4.69, 9.17) is 0 Å². The third-order valence-electron chi connectivity index (χ3n) is 5.22. The van der Waals surface area contributed by atoms with Gasteiger partial charge in [0.05, 0.1) is 9.79 Å². The standard InChI is InChI=1S/C22H28N4O4S4/c1-17-5-9-19(10-6-17)33(27,28)23-21(31-3)25-13-15-26(16-14-25)22(32-4)24-34(29,30)20-11-7-18(2)8-12-20/h5-12H,13-16H2,1-4H3/b23-21+,24-22+. The van der Waals surface area contributed by atoms with Crippen molar-refractivity contribution in [2.45, 2.75) is 23.6 Å². The highest BCUT2D eigenvalue weighted by Gasteiger charge is 2.25. The molecule has 8 nitrogen and oxygen atoms in total. The Morgan fingerprint density at radius 2 is 0.941 bits per heavy atom. The molecule has 0 N–H and O–H groups in total. The van der Waals surface area contributed by atoms with Gasteiger partial charge in [-0.3, -0.25) is 0 Å². The first-order valence-corrected chi connectivity index (χ1v) is 15.8. The second-order valence-corrected chi connectivity index (χ2v) is 12.5. The second kappa shape index (κ2) is 11.1. The SMILES string of the molecule is CS/C(=N/S(=O)(=O)c1ccc(C)cc1)N1CCN(/C(=N\S(=O)(=O)c2ccc(C)cc2)SC)CC1. The smallest absolute Gasteiger partial charge is 0.284 e. The number of piperazine rings is 1. The highest BCUT2D eigenvalue weighted by molar-refractivity contribution is 8.14. The van der Waals surface area contributed by atoms with Crippen LogP contribution in [0.2, 0.25) is 0 Å². The minimum Gasteiger partial charge on any atom is -0.347 e. The van der Waals surface area contributed by atoms with E-state index >= 15 is 0 Å². The predicted molar refractivity (Wildman–Crippen MR) is 142 cm³/mol. The van der Waals surface area contributed by atoms with Gasteiger partial charge in [-0.2, -0.15) is 16.8 Å². The Bertz CT molecular complexity index is 1160. The fourth-order valence-electron chi connectivity index (χ4n) is 3.27. The molecule has 0 amide bonds. The first-order valence-electron chi connectivity index (χ1n) is 10.5. The van der Waals surface area contributed by atoms with E-state index in [-0.39, 0.29) is 9.79 Å². The van der Waals surface area contributed by atoms with Crippen LogP contribution in [0.3, 0.4) is 0 Å². The zero-order valence-electron chi connectivity index (χ0n) is 19.5. The van der Waals surface area contributed by atoms with E-state index in [1.807, 2.05) is 23.6 Å². The molecule has 0 atom stereocenters. The average molecular weight is 541 g/mol. The number of rotatable bonds is 4. The van der Waals surface area contributed by atoms with Crippen LogP contribution in [0.5, 0.6) is 0 Å². The first-order chi connectivity index (χ1) is 16.1. The van der Waals surface area contributed by atoms with Crippen molar-refractivity contribution in [3.8, 4) is 0 Å². The molecule has 0 unspecified atom stereocenters. The Hall–Kier alpha value is -2.02. The molecular formula is C22H28N4O4S4. The van der Waals surface area contributed by atoms with Crippen molar-refractivity contribution < 1.29 is 16.8 Å². The average Bonchev–Trinajstić information content (AvgIpc) is 2.82. The monoisotopic (exact) mass is 540 g/mol. The van der Waals surface area contributed by atoms with Crippen LogP contribution in [0, 0.1) is 13.8 Å². The summed E-state index contributed by atoms with van der Waals surface area (Å²) < 4.78 is 59.2. The number of benzene rings is 2. The maximum Gasteiger partial charge on any atom is 0.284 e. The maximum absolute atomic E-state index is 12.8. The molecule has 0 aliphatic carbocycles. The molecule has 1 aliphatic heterocycles. The fraction of sp³-hybridized carbons (Fsp3) is 0.364. The summed E-state index contributed by atoms with van der Waals surface area (Å²) in [7, 11) is -7.65. The van der Waals surface area contributed by atoms with Crippen molar-refractivity contribution in [2.24, 2.45) is 8.80 Å². The summed E-state index contributed by atoms with van der Waals surface area (Å²) in [5.74, 6) is 0. The lowest BCUT2D eigenvalue weighted by Crippen LogP contribution is -2.49. The van der Waals surface area contributed by atoms with Crippen LogP contribution in [0.15, 0.2) is 67.1 Å². The molecule has 184 valence electrons. The summed E-state index contributed by atoms with van der Waals surface area (Å²) >= 11 is 2.54. The zero-order chi connectivity index (χ0) is 24.9. The van der Waals surface area contributed by atoms with E-state index in [0.29, 0.717) is 36.5 Å². The highest BCUT2D eigenvalue weighted by Crippen LogP contribution is 2.20. The normalized spacial score (nSPS) is 16.1. The van der Waals surface area contributed by atoms with Gasteiger partial charge in [-0.15, -0.1) is 8.80 Å². The molecule has 1 heterocycles. The van der Waals surface area contributed by atoms with Gasteiger partial charge in [0.2, 0.25) is 0 Å². The summed E-state index contributed by atoms with van der Waals surface area (Å²) in [5, 5.41) is 0.824. The largest absolute Gasteiger partial charge is 0.347 e. The number of hydrogen-bond donors (Lipinski definition) is 0. The lowest BCUT2D eigenvalue weighted by molar-refractivity contribution is 0.266. The molecule has 2 aromatic rings.